The van der Waals surface area contributed by atoms with Crippen LogP contribution < -0.4 is 5.73 Å². The Kier molecular flexibility index (Phi) is 3.79. The van der Waals surface area contributed by atoms with Crippen LogP contribution >= 0.6 is 23.6 Å². The number of esters is 1. The first-order valence-corrected chi connectivity index (χ1v) is 7.00. The van der Waals surface area contributed by atoms with E-state index in [1.165, 1.54) is 11.3 Å². The van der Waals surface area contributed by atoms with Gasteiger partial charge in [0.2, 0.25) is 0 Å². The van der Waals surface area contributed by atoms with Gasteiger partial charge in [-0.2, -0.15) is 0 Å². The highest BCUT2D eigenvalue weighted by Gasteiger charge is 2.39. The molecule has 2 N–H and O–H groups in total. The van der Waals surface area contributed by atoms with Gasteiger partial charge in [0.15, 0.2) is 5.60 Å². The summed E-state index contributed by atoms with van der Waals surface area (Å²) in [7, 11) is 0. The third kappa shape index (κ3) is 2.66. The molecule has 0 atom stereocenters. The minimum Gasteiger partial charge on any atom is -0.448 e. The molecule has 1 aromatic heterocycles. The number of thiocarbonyl (C=S) groups is 1. The van der Waals surface area contributed by atoms with Crippen LogP contribution in [-0.2, 0) is 4.74 Å². The molecular weight excluding hydrogens is 254 g/mol. The Morgan fingerprint density at radius 1 is 1.41 bits per heavy atom. The van der Waals surface area contributed by atoms with Gasteiger partial charge in [0.25, 0.3) is 0 Å². The van der Waals surface area contributed by atoms with Crippen LogP contribution in [0.4, 0.5) is 0 Å². The summed E-state index contributed by atoms with van der Waals surface area (Å²) >= 11 is 6.45. The second-order valence-electron chi connectivity index (χ2n) is 4.29. The Hall–Kier alpha value is -0.940. The van der Waals surface area contributed by atoms with Gasteiger partial charge in [-0.25, -0.2) is 4.79 Å². The van der Waals surface area contributed by atoms with Crippen LogP contribution in [0.5, 0.6) is 0 Å². The van der Waals surface area contributed by atoms with Crippen LogP contribution in [-0.4, -0.2) is 16.6 Å². The molecule has 17 heavy (non-hydrogen) atoms. The lowest BCUT2D eigenvalue weighted by Gasteiger charge is -2.35. The minimum atomic E-state index is -0.714. The second kappa shape index (κ2) is 5.14. The van der Waals surface area contributed by atoms with Crippen molar-refractivity contribution in [2.75, 3.05) is 0 Å². The smallest absolute Gasteiger partial charge is 0.349 e. The van der Waals surface area contributed by atoms with Crippen molar-refractivity contribution in [3.63, 3.8) is 0 Å². The van der Waals surface area contributed by atoms with Crippen molar-refractivity contribution in [1.82, 2.24) is 0 Å². The molecule has 1 aromatic rings. The summed E-state index contributed by atoms with van der Waals surface area (Å²) in [6.07, 6.45) is 4.67. The summed E-state index contributed by atoms with van der Waals surface area (Å²) in [5, 5.41) is 1.85. The number of carbonyl (C=O) groups excluding carboxylic acids is 1. The largest absolute Gasteiger partial charge is 0.448 e. The summed E-state index contributed by atoms with van der Waals surface area (Å²) in [5.74, 6) is -0.310. The van der Waals surface area contributed by atoms with Crippen LogP contribution in [0.25, 0.3) is 0 Å². The number of hydrogen-bond donors (Lipinski definition) is 1. The van der Waals surface area contributed by atoms with E-state index in [2.05, 4.69) is 0 Å². The van der Waals surface area contributed by atoms with Crippen molar-refractivity contribution in [2.24, 2.45) is 5.73 Å². The molecule has 1 saturated carbocycles. The molecule has 3 nitrogen and oxygen atoms in total. The SMILES string of the molecule is NC(=S)C1(OC(=O)c2cccs2)CCCCC1. The molecule has 0 radical (unpaired) electrons. The molecule has 5 heteroatoms. The van der Waals surface area contributed by atoms with Crippen molar-refractivity contribution in [1.29, 1.82) is 0 Å². The summed E-state index contributed by atoms with van der Waals surface area (Å²) in [6.45, 7) is 0. The third-order valence-electron chi connectivity index (χ3n) is 3.12. The van der Waals surface area contributed by atoms with Crippen molar-refractivity contribution < 1.29 is 9.53 Å². The zero-order valence-electron chi connectivity index (χ0n) is 9.48. The average Bonchev–Trinajstić information content (AvgIpc) is 2.83. The number of ether oxygens (including phenoxy) is 1. The number of carbonyl (C=O) groups is 1. The highest BCUT2D eigenvalue weighted by Crippen LogP contribution is 2.33. The van der Waals surface area contributed by atoms with Crippen LogP contribution in [0.1, 0.15) is 41.8 Å². The van der Waals surface area contributed by atoms with E-state index < -0.39 is 5.60 Å². The summed E-state index contributed by atoms with van der Waals surface area (Å²) in [6, 6.07) is 3.58. The van der Waals surface area contributed by atoms with Gasteiger partial charge < -0.3 is 10.5 Å². The third-order valence-corrected chi connectivity index (χ3v) is 4.34. The Morgan fingerprint density at radius 2 is 2.12 bits per heavy atom. The van der Waals surface area contributed by atoms with Crippen molar-refractivity contribution in [3.05, 3.63) is 22.4 Å². The highest BCUT2D eigenvalue weighted by atomic mass is 32.1. The predicted octanol–water partition coefficient (Wildman–Crippen LogP) is 2.89. The summed E-state index contributed by atoms with van der Waals surface area (Å²) < 4.78 is 5.59. The molecule has 2 rings (SSSR count). The molecule has 0 aromatic carbocycles. The van der Waals surface area contributed by atoms with E-state index in [1.807, 2.05) is 11.4 Å². The van der Waals surface area contributed by atoms with Gasteiger partial charge in [-0.05, 0) is 37.1 Å². The van der Waals surface area contributed by atoms with Gasteiger partial charge in [-0.15, -0.1) is 11.3 Å². The number of thiophene rings is 1. The van der Waals surface area contributed by atoms with Gasteiger partial charge in [-0.1, -0.05) is 24.7 Å². The maximum atomic E-state index is 12.0. The number of hydrogen-bond acceptors (Lipinski definition) is 4. The normalized spacial score (nSPS) is 18.6. The van der Waals surface area contributed by atoms with Gasteiger partial charge in [0.05, 0.1) is 0 Å². The fraction of sp³-hybridized carbons (Fsp3) is 0.500. The van der Waals surface area contributed by atoms with Crippen molar-refractivity contribution in [3.8, 4) is 0 Å². The molecular formula is C12H15NO2S2. The molecule has 1 aliphatic carbocycles. The first-order chi connectivity index (χ1) is 8.14. The van der Waals surface area contributed by atoms with Crippen LogP contribution in [0.15, 0.2) is 17.5 Å². The average molecular weight is 269 g/mol. The lowest BCUT2D eigenvalue weighted by Crippen LogP contribution is -2.47. The van der Waals surface area contributed by atoms with E-state index in [-0.39, 0.29) is 5.97 Å². The second-order valence-corrected chi connectivity index (χ2v) is 5.67. The molecule has 0 unspecified atom stereocenters. The molecule has 1 aliphatic rings. The molecule has 0 amide bonds. The Bertz CT molecular complexity index is 408. The first kappa shape index (κ1) is 12.5. The quantitative estimate of drug-likeness (QED) is 0.677. The maximum Gasteiger partial charge on any atom is 0.349 e. The molecule has 0 aliphatic heterocycles. The van der Waals surface area contributed by atoms with E-state index in [0.717, 1.165) is 32.1 Å². The Balaban J connectivity index is 2.13. The molecule has 1 heterocycles. The lowest BCUT2D eigenvalue weighted by atomic mass is 9.84. The van der Waals surface area contributed by atoms with Gasteiger partial charge in [0, 0.05) is 0 Å². The monoisotopic (exact) mass is 269 g/mol. The van der Waals surface area contributed by atoms with Gasteiger partial charge in [0.1, 0.15) is 9.87 Å². The minimum absolute atomic E-state index is 0.308. The van der Waals surface area contributed by atoms with E-state index in [1.54, 1.807) is 6.07 Å². The Labute approximate surface area is 110 Å². The van der Waals surface area contributed by atoms with Gasteiger partial charge >= 0.3 is 5.97 Å². The van der Waals surface area contributed by atoms with E-state index in [4.69, 9.17) is 22.7 Å². The zero-order chi connectivity index (χ0) is 12.3. The summed E-state index contributed by atoms with van der Waals surface area (Å²) in [5.41, 5.74) is 5.05. The van der Waals surface area contributed by atoms with E-state index >= 15 is 0 Å². The van der Waals surface area contributed by atoms with Gasteiger partial charge in [-0.3, -0.25) is 0 Å². The standard InChI is InChI=1S/C12H15NO2S2/c13-11(16)12(6-2-1-3-7-12)15-10(14)9-5-4-8-17-9/h4-5,8H,1-3,6-7H2,(H2,13,16). The predicted molar refractivity (Wildman–Crippen MR) is 72.3 cm³/mol. The number of rotatable bonds is 3. The maximum absolute atomic E-state index is 12.0. The zero-order valence-corrected chi connectivity index (χ0v) is 11.1. The number of nitrogens with two attached hydrogens (primary N) is 1. The fourth-order valence-electron chi connectivity index (χ4n) is 2.14. The summed E-state index contributed by atoms with van der Waals surface area (Å²) in [4.78, 5) is 12.9. The molecule has 1 fully saturated rings. The molecule has 0 saturated heterocycles. The molecule has 0 spiro atoms. The lowest BCUT2D eigenvalue weighted by molar-refractivity contribution is -0.000904. The highest BCUT2D eigenvalue weighted by molar-refractivity contribution is 7.80. The van der Waals surface area contributed by atoms with Crippen molar-refractivity contribution >= 4 is 34.5 Å². The molecule has 92 valence electrons. The van der Waals surface area contributed by atoms with E-state index in [0.29, 0.717) is 9.87 Å². The Morgan fingerprint density at radius 3 is 2.65 bits per heavy atom. The van der Waals surface area contributed by atoms with Crippen LogP contribution in [0.2, 0.25) is 0 Å². The molecule has 0 bridgehead atoms. The van der Waals surface area contributed by atoms with Crippen LogP contribution in [0, 0.1) is 0 Å². The van der Waals surface area contributed by atoms with E-state index in [9.17, 15) is 4.79 Å². The fourth-order valence-corrected chi connectivity index (χ4v) is 2.99. The van der Waals surface area contributed by atoms with Crippen LogP contribution in [0.3, 0.4) is 0 Å². The van der Waals surface area contributed by atoms with Crippen molar-refractivity contribution in [2.45, 2.75) is 37.7 Å². The first-order valence-electron chi connectivity index (χ1n) is 5.71. The topological polar surface area (TPSA) is 52.3 Å².